The van der Waals surface area contributed by atoms with Crippen LogP contribution in [0, 0.1) is 5.82 Å². The number of amides is 1. The molecule has 0 fully saturated rings. The largest absolute Gasteiger partial charge is 0.311 e. The highest BCUT2D eigenvalue weighted by Crippen LogP contribution is 2.26. The highest BCUT2D eigenvalue weighted by atomic mass is 19.1. The number of para-hydroxylation sites is 1. The predicted octanol–water partition coefficient (Wildman–Crippen LogP) is 2.91. The van der Waals surface area contributed by atoms with E-state index in [0.717, 1.165) is 36.6 Å². The Morgan fingerprint density at radius 2 is 2.00 bits per heavy atom. The maximum absolute atomic E-state index is 13.5. The summed E-state index contributed by atoms with van der Waals surface area (Å²) in [6.45, 7) is 0.507. The van der Waals surface area contributed by atoms with Gasteiger partial charge in [0.25, 0.3) is 5.56 Å². The Bertz CT molecular complexity index is 1040. The van der Waals surface area contributed by atoms with Gasteiger partial charge < -0.3 is 4.90 Å². The van der Waals surface area contributed by atoms with Gasteiger partial charge in [-0.25, -0.2) is 9.37 Å². The molecule has 6 heteroatoms. The van der Waals surface area contributed by atoms with Gasteiger partial charge in [0.05, 0.1) is 17.2 Å². The fourth-order valence-electron chi connectivity index (χ4n) is 3.43. The van der Waals surface area contributed by atoms with Crippen LogP contribution in [-0.2, 0) is 17.8 Å². The molecule has 1 aliphatic rings. The molecule has 0 spiro atoms. The van der Waals surface area contributed by atoms with Crippen molar-refractivity contribution in [3.8, 4) is 0 Å². The summed E-state index contributed by atoms with van der Waals surface area (Å²) in [5, 5.41) is 0.177. The molecule has 1 aliphatic heterocycles. The van der Waals surface area contributed by atoms with Crippen LogP contribution in [0.1, 0.15) is 18.4 Å². The number of hydrogen-bond donors (Lipinski definition) is 0. The van der Waals surface area contributed by atoms with Crippen molar-refractivity contribution in [2.75, 3.05) is 11.4 Å². The zero-order valence-electron chi connectivity index (χ0n) is 14.2. The number of hydrogen-bond acceptors (Lipinski definition) is 3. The molecule has 132 valence electrons. The van der Waals surface area contributed by atoms with Crippen molar-refractivity contribution in [2.24, 2.45) is 0 Å². The van der Waals surface area contributed by atoms with Crippen molar-refractivity contribution >= 4 is 22.5 Å². The van der Waals surface area contributed by atoms with Crippen molar-refractivity contribution in [1.29, 1.82) is 0 Å². The third kappa shape index (κ3) is 2.98. The summed E-state index contributed by atoms with van der Waals surface area (Å²) in [6, 6.07) is 11.7. The van der Waals surface area contributed by atoms with Gasteiger partial charge in [0, 0.05) is 12.2 Å². The summed E-state index contributed by atoms with van der Waals surface area (Å²) in [6.07, 6.45) is 4.23. The van der Waals surface area contributed by atoms with Gasteiger partial charge in [-0.3, -0.25) is 14.2 Å². The van der Waals surface area contributed by atoms with E-state index in [9.17, 15) is 14.0 Å². The predicted molar refractivity (Wildman–Crippen MR) is 97.7 cm³/mol. The standard InChI is InChI=1S/C20H18FN3O2/c21-15-8-9-17-16(11-15)20(26)23(13-22-17)12-19(25)24-10-4-3-6-14-5-1-2-7-18(14)24/h1-2,5,7-9,11,13H,3-4,6,10,12H2. The van der Waals surface area contributed by atoms with Gasteiger partial charge in [0.2, 0.25) is 5.91 Å². The molecule has 0 saturated carbocycles. The molecular weight excluding hydrogens is 333 g/mol. The quantitative estimate of drug-likeness (QED) is 0.713. The maximum atomic E-state index is 13.5. The van der Waals surface area contributed by atoms with Crippen molar-refractivity contribution in [1.82, 2.24) is 9.55 Å². The third-order valence-electron chi connectivity index (χ3n) is 4.75. The molecule has 4 rings (SSSR count). The molecule has 1 amide bonds. The fourth-order valence-corrected chi connectivity index (χ4v) is 3.43. The summed E-state index contributed by atoms with van der Waals surface area (Å²) in [5.74, 6) is -0.666. The molecule has 0 radical (unpaired) electrons. The zero-order chi connectivity index (χ0) is 18.1. The van der Waals surface area contributed by atoms with Crippen molar-refractivity contribution in [2.45, 2.75) is 25.8 Å². The highest BCUT2D eigenvalue weighted by molar-refractivity contribution is 5.94. The van der Waals surface area contributed by atoms with Crippen LogP contribution in [0.3, 0.4) is 0 Å². The summed E-state index contributed by atoms with van der Waals surface area (Å²) in [5.41, 5.74) is 2.05. The Kier molecular flexibility index (Phi) is 4.24. The lowest BCUT2D eigenvalue weighted by Crippen LogP contribution is -2.37. The Hall–Kier alpha value is -3.02. The number of carbonyl (C=O) groups is 1. The molecule has 2 heterocycles. The molecule has 0 bridgehead atoms. The van der Waals surface area contributed by atoms with Crippen LogP contribution in [0.5, 0.6) is 0 Å². The first-order valence-corrected chi connectivity index (χ1v) is 8.66. The van der Waals surface area contributed by atoms with Crippen LogP contribution in [0.4, 0.5) is 10.1 Å². The summed E-state index contributed by atoms with van der Waals surface area (Å²) < 4.78 is 14.7. The van der Waals surface area contributed by atoms with Gasteiger partial charge in [-0.2, -0.15) is 0 Å². The lowest BCUT2D eigenvalue weighted by molar-refractivity contribution is -0.119. The first-order valence-electron chi connectivity index (χ1n) is 8.66. The molecule has 0 unspecified atom stereocenters. The Labute approximate surface area is 149 Å². The van der Waals surface area contributed by atoms with Gasteiger partial charge in [0.15, 0.2) is 0 Å². The van der Waals surface area contributed by atoms with Crippen LogP contribution in [0.2, 0.25) is 0 Å². The first-order chi connectivity index (χ1) is 12.6. The molecule has 5 nitrogen and oxygen atoms in total. The van der Waals surface area contributed by atoms with Crippen LogP contribution < -0.4 is 10.5 Å². The van der Waals surface area contributed by atoms with Crippen molar-refractivity contribution in [3.05, 3.63) is 70.5 Å². The Balaban J connectivity index is 1.68. The van der Waals surface area contributed by atoms with Gasteiger partial charge in [0.1, 0.15) is 12.4 Å². The molecule has 0 saturated heterocycles. The SMILES string of the molecule is O=C(Cn1cnc2ccc(F)cc2c1=O)N1CCCCc2ccccc21. The smallest absolute Gasteiger partial charge is 0.261 e. The molecule has 1 aromatic heterocycles. The Morgan fingerprint density at radius 3 is 2.88 bits per heavy atom. The first kappa shape index (κ1) is 16.4. The Morgan fingerprint density at radius 1 is 1.15 bits per heavy atom. The minimum Gasteiger partial charge on any atom is -0.311 e. The lowest BCUT2D eigenvalue weighted by atomic mass is 10.1. The highest BCUT2D eigenvalue weighted by Gasteiger charge is 2.21. The van der Waals surface area contributed by atoms with Crippen molar-refractivity contribution in [3.63, 3.8) is 0 Å². The van der Waals surface area contributed by atoms with E-state index < -0.39 is 11.4 Å². The second kappa shape index (κ2) is 6.71. The number of fused-ring (bicyclic) bond motifs is 2. The van der Waals surface area contributed by atoms with Gasteiger partial charge in [-0.1, -0.05) is 18.2 Å². The average molecular weight is 351 g/mol. The molecule has 2 aromatic carbocycles. The van der Waals surface area contributed by atoms with E-state index in [1.54, 1.807) is 4.90 Å². The number of benzene rings is 2. The average Bonchev–Trinajstić information content (AvgIpc) is 2.87. The van der Waals surface area contributed by atoms with E-state index in [-0.39, 0.29) is 17.8 Å². The minimum atomic E-state index is -0.498. The molecule has 0 aliphatic carbocycles. The van der Waals surface area contributed by atoms with Crippen molar-refractivity contribution < 1.29 is 9.18 Å². The van der Waals surface area contributed by atoms with Crippen LogP contribution in [0.15, 0.2) is 53.6 Å². The number of anilines is 1. The molecule has 0 N–H and O–H groups in total. The zero-order valence-corrected chi connectivity index (χ0v) is 14.2. The number of aromatic nitrogens is 2. The second-order valence-corrected chi connectivity index (χ2v) is 6.47. The molecule has 0 atom stereocenters. The minimum absolute atomic E-state index is 0.118. The van der Waals surface area contributed by atoms with E-state index in [2.05, 4.69) is 4.98 Å². The normalized spacial score (nSPS) is 14.1. The summed E-state index contributed by atoms with van der Waals surface area (Å²) in [4.78, 5) is 31.4. The second-order valence-electron chi connectivity index (χ2n) is 6.47. The van der Waals surface area contributed by atoms with Gasteiger partial charge >= 0.3 is 0 Å². The fraction of sp³-hybridized carbons (Fsp3) is 0.250. The molecular formula is C20H18FN3O2. The van der Waals surface area contributed by atoms with E-state index >= 15 is 0 Å². The summed E-state index contributed by atoms with van der Waals surface area (Å²) >= 11 is 0. The number of halogens is 1. The van der Waals surface area contributed by atoms with Gasteiger partial charge in [-0.15, -0.1) is 0 Å². The van der Waals surface area contributed by atoms with Crippen LogP contribution in [0.25, 0.3) is 10.9 Å². The van der Waals surface area contributed by atoms with Gasteiger partial charge in [-0.05, 0) is 49.1 Å². The third-order valence-corrected chi connectivity index (χ3v) is 4.75. The van der Waals surface area contributed by atoms with E-state index in [1.807, 2.05) is 24.3 Å². The van der Waals surface area contributed by atoms with E-state index in [1.165, 1.54) is 23.0 Å². The number of rotatable bonds is 2. The number of carbonyl (C=O) groups excluding carboxylic acids is 1. The monoisotopic (exact) mass is 351 g/mol. The van der Waals surface area contributed by atoms with Crippen LogP contribution in [-0.4, -0.2) is 22.0 Å². The number of aryl methyl sites for hydroxylation is 1. The van der Waals surface area contributed by atoms with E-state index in [0.29, 0.717) is 12.1 Å². The lowest BCUT2D eigenvalue weighted by Gasteiger charge is -2.23. The van der Waals surface area contributed by atoms with E-state index in [4.69, 9.17) is 0 Å². The number of nitrogens with zero attached hydrogens (tertiary/aromatic N) is 3. The van der Waals surface area contributed by atoms with Crippen LogP contribution >= 0.6 is 0 Å². The molecule has 3 aromatic rings. The summed E-state index contributed by atoms with van der Waals surface area (Å²) in [7, 11) is 0. The topological polar surface area (TPSA) is 55.2 Å². The maximum Gasteiger partial charge on any atom is 0.261 e. The molecule has 26 heavy (non-hydrogen) atoms.